The van der Waals surface area contributed by atoms with Gasteiger partial charge in [0.05, 0.1) is 11.6 Å². The van der Waals surface area contributed by atoms with Crippen molar-refractivity contribution in [3.63, 3.8) is 0 Å². The smallest absolute Gasteiger partial charge is 0.255 e. The zero-order chi connectivity index (χ0) is 13.9. The molecular weight excluding hydrogens is 254 g/mol. The lowest BCUT2D eigenvalue weighted by atomic mass is 10.1. The number of nitrogens with zero attached hydrogens (tertiary/aromatic N) is 3. The van der Waals surface area contributed by atoms with Gasteiger partial charge in [-0.25, -0.2) is 4.98 Å². The quantitative estimate of drug-likeness (QED) is 0.884. The van der Waals surface area contributed by atoms with Crippen LogP contribution in [0.5, 0.6) is 0 Å². The van der Waals surface area contributed by atoms with Gasteiger partial charge in [0, 0.05) is 44.4 Å². The molecule has 0 aromatic carbocycles. The van der Waals surface area contributed by atoms with E-state index in [1.54, 1.807) is 18.6 Å². The first-order chi connectivity index (χ1) is 9.79. The van der Waals surface area contributed by atoms with Gasteiger partial charge in [-0.3, -0.25) is 9.69 Å². The lowest BCUT2D eigenvalue weighted by Gasteiger charge is -2.40. The minimum atomic E-state index is 0.0820. The number of amides is 1. The number of aromatic amines is 2. The van der Waals surface area contributed by atoms with Gasteiger partial charge in [0.1, 0.15) is 5.82 Å². The molecule has 3 rings (SSSR count). The predicted octanol–water partition coefficient (Wildman–Crippen LogP) is 1.26. The number of carbonyl (C=O) groups is 1. The van der Waals surface area contributed by atoms with Crippen molar-refractivity contribution in [3.8, 4) is 0 Å². The first-order valence-corrected chi connectivity index (χ1v) is 6.95. The third-order valence-electron chi connectivity index (χ3n) is 3.86. The van der Waals surface area contributed by atoms with E-state index in [4.69, 9.17) is 0 Å². The summed E-state index contributed by atoms with van der Waals surface area (Å²) in [5.74, 6) is 1.01. The van der Waals surface area contributed by atoms with E-state index in [1.165, 1.54) is 0 Å². The Balaban J connectivity index is 1.78. The molecule has 1 aliphatic heterocycles. The highest BCUT2D eigenvalue weighted by atomic mass is 16.2. The van der Waals surface area contributed by atoms with Crippen LogP contribution < -0.4 is 0 Å². The molecule has 1 fully saturated rings. The van der Waals surface area contributed by atoms with Gasteiger partial charge in [0.15, 0.2) is 0 Å². The van der Waals surface area contributed by atoms with Crippen LogP contribution in [0.3, 0.4) is 0 Å². The molecule has 0 spiro atoms. The van der Waals surface area contributed by atoms with Crippen LogP contribution in [0.1, 0.15) is 29.1 Å². The Hall–Kier alpha value is -2.08. The number of imidazole rings is 1. The van der Waals surface area contributed by atoms with Gasteiger partial charge in [0.25, 0.3) is 5.91 Å². The first kappa shape index (κ1) is 12.9. The van der Waals surface area contributed by atoms with E-state index in [0.717, 1.165) is 25.5 Å². The average molecular weight is 273 g/mol. The highest BCUT2D eigenvalue weighted by molar-refractivity contribution is 5.94. The fourth-order valence-corrected chi connectivity index (χ4v) is 2.74. The Morgan fingerprint density at radius 1 is 1.45 bits per heavy atom. The van der Waals surface area contributed by atoms with Crippen molar-refractivity contribution in [2.45, 2.75) is 13.0 Å². The van der Waals surface area contributed by atoms with E-state index in [-0.39, 0.29) is 11.9 Å². The van der Waals surface area contributed by atoms with Crippen molar-refractivity contribution in [2.24, 2.45) is 0 Å². The van der Waals surface area contributed by atoms with E-state index in [2.05, 4.69) is 26.8 Å². The topological polar surface area (TPSA) is 68.0 Å². The molecule has 6 nitrogen and oxygen atoms in total. The zero-order valence-corrected chi connectivity index (χ0v) is 11.5. The Morgan fingerprint density at radius 3 is 3.00 bits per heavy atom. The number of likely N-dealkylation sites (N-methyl/N-ethyl adjacent to an activating group) is 1. The fourth-order valence-electron chi connectivity index (χ4n) is 2.74. The molecule has 2 aromatic rings. The van der Waals surface area contributed by atoms with Crippen LogP contribution in [0.2, 0.25) is 0 Å². The molecule has 0 unspecified atom stereocenters. The summed E-state index contributed by atoms with van der Waals surface area (Å²) in [5, 5.41) is 0. The summed E-state index contributed by atoms with van der Waals surface area (Å²) in [6.07, 6.45) is 7.11. The summed E-state index contributed by atoms with van der Waals surface area (Å²) >= 11 is 0. The molecule has 1 amide bonds. The number of carbonyl (C=O) groups excluding carboxylic acids is 1. The minimum Gasteiger partial charge on any atom is -0.367 e. The molecule has 0 saturated carbocycles. The molecule has 2 N–H and O–H groups in total. The molecule has 0 bridgehead atoms. The molecule has 0 aliphatic carbocycles. The van der Waals surface area contributed by atoms with E-state index in [1.807, 2.05) is 17.2 Å². The van der Waals surface area contributed by atoms with Gasteiger partial charge in [-0.2, -0.15) is 0 Å². The molecule has 106 valence electrons. The van der Waals surface area contributed by atoms with Crippen molar-refractivity contribution in [3.05, 3.63) is 42.2 Å². The van der Waals surface area contributed by atoms with E-state index in [9.17, 15) is 4.79 Å². The van der Waals surface area contributed by atoms with Crippen molar-refractivity contribution in [1.82, 2.24) is 24.8 Å². The number of piperazine rings is 1. The van der Waals surface area contributed by atoms with Crippen LogP contribution in [0.25, 0.3) is 0 Å². The largest absolute Gasteiger partial charge is 0.367 e. The molecule has 0 radical (unpaired) electrons. The molecule has 2 aromatic heterocycles. The molecule has 6 heteroatoms. The number of aromatic nitrogens is 3. The Morgan fingerprint density at radius 2 is 2.35 bits per heavy atom. The number of H-pyrrole nitrogens is 2. The van der Waals surface area contributed by atoms with Gasteiger partial charge in [-0.1, -0.05) is 6.92 Å². The maximum absolute atomic E-state index is 12.4. The normalized spacial score (nSPS) is 20.2. The summed E-state index contributed by atoms with van der Waals surface area (Å²) in [5.41, 5.74) is 0.716. The highest BCUT2D eigenvalue weighted by Gasteiger charge is 2.31. The Kier molecular flexibility index (Phi) is 3.56. The standard InChI is InChI=1S/C14H19N5O/c1-2-18-7-8-19(14(20)11-3-4-15-9-11)10-12(18)13-16-5-6-17-13/h3-6,9,12,15H,2,7-8,10H2,1H3,(H,16,17)/t12-/m1/s1. The average Bonchev–Trinajstić information content (AvgIpc) is 3.18. The Labute approximate surface area is 117 Å². The summed E-state index contributed by atoms with van der Waals surface area (Å²) < 4.78 is 0. The van der Waals surface area contributed by atoms with Crippen molar-refractivity contribution in [1.29, 1.82) is 0 Å². The second-order valence-electron chi connectivity index (χ2n) is 4.97. The minimum absolute atomic E-state index is 0.0820. The van der Waals surface area contributed by atoms with Gasteiger partial charge >= 0.3 is 0 Å². The monoisotopic (exact) mass is 273 g/mol. The highest BCUT2D eigenvalue weighted by Crippen LogP contribution is 2.23. The second kappa shape index (κ2) is 5.50. The summed E-state index contributed by atoms with van der Waals surface area (Å²) in [6, 6.07) is 1.96. The molecular formula is C14H19N5O. The van der Waals surface area contributed by atoms with Crippen LogP contribution in [-0.4, -0.2) is 56.8 Å². The van der Waals surface area contributed by atoms with Gasteiger partial charge in [0.2, 0.25) is 0 Å². The zero-order valence-electron chi connectivity index (χ0n) is 11.5. The maximum atomic E-state index is 12.4. The number of hydrogen-bond acceptors (Lipinski definition) is 3. The number of hydrogen-bond donors (Lipinski definition) is 2. The molecule has 1 atom stereocenters. The van der Waals surface area contributed by atoms with Crippen molar-refractivity contribution < 1.29 is 4.79 Å². The van der Waals surface area contributed by atoms with E-state index >= 15 is 0 Å². The van der Waals surface area contributed by atoms with Crippen molar-refractivity contribution in [2.75, 3.05) is 26.2 Å². The lowest BCUT2D eigenvalue weighted by Crippen LogP contribution is -2.50. The SMILES string of the molecule is CCN1CCN(C(=O)c2cc[nH]c2)C[C@@H]1c1ncc[nH]1. The van der Waals surface area contributed by atoms with Crippen LogP contribution in [-0.2, 0) is 0 Å². The second-order valence-corrected chi connectivity index (χ2v) is 4.97. The molecule has 3 heterocycles. The summed E-state index contributed by atoms with van der Waals surface area (Å²) in [6.45, 7) is 5.40. The van der Waals surface area contributed by atoms with Gasteiger partial charge in [-0.05, 0) is 12.6 Å². The Bertz CT molecular complexity index is 548. The molecule has 1 aliphatic rings. The van der Waals surface area contributed by atoms with Crippen LogP contribution >= 0.6 is 0 Å². The summed E-state index contributed by atoms with van der Waals surface area (Å²) in [7, 11) is 0. The van der Waals surface area contributed by atoms with Crippen LogP contribution in [0.4, 0.5) is 0 Å². The molecule has 20 heavy (non-hydrogen) atoms. The molecule has 1 saturated heterocycles. The first-order valence-electron chi connectivity index (χ1n) is 6.95. The fraction of sp³-hybridized carbons (Fsp3) is 0.429. The number of rotatable bonds is 3. The summed E-state index contributed by atoms with van der Waals surface area (Å²) in [4.78, 5) is 27.1. The van der Waals surface area contributed by atoms with Crippen molar-refractivity contribution >= 4 is 5.91 Å². The van der Waals surface area contributed by atoms with E-state index < -0.39 is 0 Å². The predicted molar refractivity (Wildman–Crippen MR) is 75.3 cm³/mol. The van der Waals surface area contributed by atoms with Gasteiger partial charge < -0.3 is 14.9 Å². The van der Waals surface area contributed by atoms with Gasteiger partial charge in [-0.15, -0.1) is 0 Å². The third kappa shape index (κ3) is 2.34. The third-order valence-corrected chi connectivity index (χ3v) is 3.86. The van der Waals surface area contributed by atoms with E-state index in [0.29, 0.717) is 12.1 Å². The number of nitrogens with one attached hydrogen (secondary N) is 2. The lowest BCUT2D eigenvalue weighted by molar-refractivity contribution is 0.0480. The van der Waals surface area contributed by atoms with Crippen LogP contribution in [0.15, 0.2) is 30.9 Å². The maximum Gasteiger partial charge on any atom is 0.255 e. The van der Waals surface area contributed by atoms with Crippen LogP contribution in [0, 0.1) is 0 Å².